The number of rotatable bonds is 6. The van der Waals surface area contributed by atoms with Crippen LogP contribution in [0.25, 0.3) is 0 Å². The van der Waals surface area contributed by atoms with Crippen molar-refractivity contribution in [3.63, 3.8) is 0 Å². The van der Waals surface area contributed by atoms with Gasteiger partial charge in [-0.25, -0.2) is 0 Å². The van der Waals surface area contributed by atoms with E-state index < -0.39 is 6.04 Å². The molecule has 0 spiro atoms. The molecule has 0 saturated carbocycles. The predicted molar refractivity (Wildman–Crippen MR) is 85.2 cm³/mol. The molecule has 0 heterocycles. The summed E-state index contributed by atoms with van der Waals surface area (Å²) < 4.78 is 5.26. The summed E-state index contributed by atoms with van der Waals surface area (Å²) in [4.78, 5) is 12.0. The Hall–Kier alpha value is -1.10. The molecule has 0 bridgehead atoms. The molecule has 3 atom stereocenters. The van der Waals surface area contributed by atoms with Crippen molar-refractivity contribution in [2.24, 2.45) is 11.7 Å². The lowest BCUT2D eigenvalue weighted by molar-refractivity contribution is -0.118. The maximum absolute atomic E-state index is 12.0. The van der Waals surface area contributed by atoms with Gasteiger partial charge in [0.15, 0.2) is 0 Å². The monoisotopic (exact) mass is 300 g/mol. The van der Waals surface area contributed by atoms with E-state index in [9.17, 15) is 4.79 Å². The number of amides is 1. The fourth-order valence-corrected chi connectivity index (χ4v) is 1.74. The molecule has 3 N–H and O–H groups in total. The number of hydrogen-bond donors (Lipinski definition) is 2. The van der Waals surface area contributed by atoms with Crippen LogP contribution in [0.3, 0.4) is 0 Å². The van der Waals surface area contributed by atoms with E-state index in [4.69, 9.17) is 10.5 Å². The quantitative estimate of drug-likeness (QED) is 0.848. The predicted octanol–water partition coefficient (Wildman–Crippen LogP) is 3.13. The molecule has 0 fully saturated rings. The lowest BCUT2D eigenvalue weighted by Crippen LogP contribution is -2.40. The van der Waals surface area contributed by atoms with Crippen molar-refractivity contribution in [3.05, 3.63) is 29.8 Å². The maximum atomic E-state index is 12.0. The van der Waals surface area contributed by atoms with Crippen molar-refractivity contribution in [1.29, 1.82) is 0 Å². The second kappa shape index (κ2) is 8.95. The van der Waals surface area contributed by atoms with Gasteiger partial charge in [-0.15, -0.1) is 12.4 Å². The van der Waals surface area contributed by atoms with Crippen molar-refractivity contribution in [3.8, 4) is 0 Å². The third kappa shape index (κ3) is 5.12. The molecule has 5 heteroatoms. The molecule has 1 amide bonds. The first-order valence-corrected chi connectivity index (χ1v) is 6.68. The molecule has 20 heavy (non-hydrogen) atoms. The molecule has 1 aromatic carbocycles. The summed E-state index contributed by atoms with van der Waals surface area (Å²) in [6.45, 7) is 5.97. The Morgan fingerprint density at radius 3 is 2.60 bits per heavy atom. The summed E-state index contributed by atoms with van der Waals surface area (Å²) in [6.07, 6.45) is 0.884. The fourth-order valence-electron chi connectivity index (χ4n) is 1.74. The summed E-state index contributed by atoms with van der Waals surface area (Å²) in [5.41, 5.74) is 7.69. The zero-order valence-corrected chi connectivity index (χ0v) is 13.4. The Morgan fingerprint density at radius 1 is 1.40 bits per heavy atom. The first-order chi connectivity index (χ1) is 8.99. The minimum absolute atomic E-state index is 0. The van der Waals surface area contributed by atoms with E-state index >= 15 is 0 Å². The Bertz CT molecular complexity index is 426. The Labute approximate surface area is 127 Å². The number of carbonyl (C=O) groups is 1. The largest absolute Gasteiger partial charge is 0.377 e. The van der Waals surface area contributed by atoms with Crippen LogP contribution in [0.4, 0.5) is 5.69 Å². The molecule has 0 aliphatic rings. The number of carbonyl (C=O) groups excluding carboxylic acids is 1. The van der Waals surface area contributed by atoms with Crippen molar-refractivity contribution >= 4 is 24.0 Å². The smallest absolute Gasteiger partial charge is 0.241 e. The van der Waals surface area contributed by atoms with Crippen LogP contribution in [0.1, 0.15) is 38.9 Å². The first-order valence-electron chi connectivity index (χ1n) is 6.68. The van der Waals surface area contributed by atoms with Gasteiger partial charge >= 0.3 is 0 Å². The summed E-state index contributed by atoms with van der Waals surface area (Å²) in [7, 11) is 1.66. The SMILES string of the molecule is CCC(C)C(N)C(=O)Nc1cccc(C(C)OC)c1.Cl. The van der Waals surface area contributed by atoms with Gasteiger partial charge in [-0.3, -0.25) is 4.79 Å². The minimum atomic E-state index is -0.478. The van der Waals surface area contributed by atoms with Crippen LogP contribution in [-0.2, 0) is 9.53 Å². The van der Waals surface area contributed by atoms with Gasteiger partial charge in [0, 0.05) is 12.8 Å². The molecular formula is C15H25ClN2O2. The molecule has 4 nitrogen and oxygen atoms in total. The van der Waals surface area contributed by atoms with Crippen LogP contribution in [0.2, 0.25) is 0 Å². The number of hydrogen-bond acceptors (Lipinski definition) is 3. The number of halogens is 1. The molecule has 0 aliphatic carbocycles. The van der Waals surface area contributed by atoms with E-state index in [-0.39, 0.29) is 30.3 Å². The average molecular weight is 301 g/mol. The molecule has 0 radical (unpaired) electrons. The molecule has 1 aromatic rings. The van der Waals surface area contributed by atoms with Crippen LogP contribution in [-0.4, -0.2) is 19.1 Å². The molecule has 0 aromatic heterocycles. The van der Waals surface area contributed by atoms with Gasteiger partial charge in [0.05, 0.1) is 12.1 Å². The molecule has 1 rings (SSSR count). The zero-order valence-electron chi connectivity index (χ0n) is 12.6. The maximum Gasteiger partial charge on any atom is 0.241 e. The van der Waals surface area contributed by atoms with Gasteiger partial charge < -0.3 is 15.8 Å². The highest BCUT2D eigenvalue weighted by Gasteiger charge is 2.19. The Morgan fingerprint density at radius 2 is 2.05 bits per heavy atom. The van der Waals surface area contributed by atoms with Crippen LogP contribution in [0.15, 0.2) is 24.3 Å². The van der Waals surface area contributed by atoms with Crippen LogP contribution in [0.5, 0.6) is 0 Å². The topological polar surface area (TPSA) is 64.4 Å². The second-order valence-corrected chi connectivity index (χ2v) is 4.90. The fraction of sp³-hybridized carbons (Fsp3) is 0.533. The lowest BCUT2D eigenvalue weighted by atomic mass is 9.99. The minimum Gasteiger partial charge on any atom is -0.377 e. The van der Waals surface area contributed by atoms with Crippen molar-refractivity contribution in [2.75, 3.05) is 12.4 Å². The highest BCUT2D eigenvalue weighted by atomic mass is 35.5. The van der Waals surface area contributed by atoms with Crippen LogP contribution >= 0.6 is 12.4 Å². The molecule has 0 saturated heterocycles. The number of nitrogens with one attached hydrogen (secondary N) is 1. The van der Waals surface area contributed by atoms with Gasteiger partial charge in [0.25, 0.3) is 0 Å². The molecule has 0 aliphatic heterocycles. The van der Waals surface area contributed by atoms with Crippen molar-refractivity contribution in [2.45, 2.75) is 39.3 Å². The molecule has 114 valence electrons. The normalized spacial score (nSPS) is 14.8. The molecule has 3 unspecified atom stereocenters. The second-order valence-electron chi connectivity index (χ2n) is 4.90. The first kappa shape index (κ1) is 18.9. The van der Waals surface area contributed by atoms with Crippen LogP contribution in [0, 0.1) is 5.92 Å². The van der Waals surface area contributed by atoms with Gasteiger partial charge in [-0.2, -0.15) is 0 Å². The van der Waals surface area contributed by atoms with E-state index in [1.807, 2.05) is 45.0 Å². The number of anilines is 1. The van der Waals surface area contributed by atoms with E-state index in [1.165, 1.54) is 0 Å². The molecular weight excluding hydrogens is 276 g/mol. The van der Waals surface area contributed by atoms with E-state index in [0.29, 0.717) is 0 Å². The van der Waals surface area contributed by atoms with Gasteiger partial charge in [0.2, 0.25) is 5.91 Å². The van der Waals surface area contributed by atoms with E-state index in [2.05, 4.69) is 5.32 Å². The zero-order chi connectivity index (χ0) is 14.4. The van der Waals surface area contributed by atoms with E-state index in [1.54, 1.807) is 7.11 Å². The summed E-state index contributed by atoms with van der Waals surface area (Å²) >= 11 is 0. The lowest BCUT2D eigenvalue weighted by Gasteiger charge is -2.18. The Kier molecular flexibility index (Phi) is 8.46. The standard InChI is InChI=1S/C15H24N2O2.ClH/c1-5-10(2)14(16)15(18)17-13-8-6-7-12(9-13)11(3)19-4;/h6-11,14H,5,16H2,1-4H3,(H,17,18);1H. The van der Waals surface area contributed by atoms with E-state index in [0.717, 1.165) is 17.7 Å². The number of benzene rings is 1. The average Bonchev–Trinajstić information content (AvgIpc) is 2.44. The number of methoxy groups -OCH3 is 1. The van der Waals surface area contributed by atoms with Gasteiger partial charge in [0.1, 0.15) is 0 Å². The van der Waals surface area contributed by atoms with Gasteiger partial charge in [-0.05, 0) is 30.5 Å². The third-order valence-electron chi connectivity index (χ3n) is 3.54. The highest BCUT2D eigenvalue weighted by molar-refractivity contribution is 5.94. The summed E-state index contributed by atoms with van der Waals surface area (Å²) in [5, 5.41) is 2.86. The van der Waals surface area contributed by atoms with Gasteiger partial charge in [-0.1, -0.05) is 32.4 Å². The summed E-state index contributed by atoms with van der Waals surface area (Å²) in [5.74, 6) is 0.0256. The third-order valence-corrected chi connectivity index (χ3v) is 3.54. The van der Waals surface area contributed by atoms with Crippen molar-refractivity contribution in [1.82, 2.24) is 0 Å². The van der Waals surface area contributed by atoms with Crippen LogP contribution < -0.4 is 11.1 Å². The summed E-state index contributed by atoms with van der Waals surface area (Å²) in [6, 6.07) is 7.16. The Balaban J connectivity index is 0.00000361. The van der Waals surface area contributed by atoms with Crippen molar-refractivity contribution < 1.29 is 9.53 Å². The highest BCUT2D eigenvalue weighted by Crippen LogP contribution is 2.20. The number of nitrogens with two attached hydrogens (primary N) is 1. The number of ether oxygens (including phenoxy) is 1.